The number of allylic oxidation sites excluding steroid dienone is 1. The number of thiazole rings is 1. The number of carbonyl (C=O) groups excluding carboxylic acids is 3. The molecular weight excluding hydrogens is 959 g/mol. The van der Waals surface area contributed by atoms with Gasteiger partial charge in [-0.25, -0.2) is 14.5 Å². The van der Waals surface area contributed by atoms with Crippen LogP contribution in [0.1, 0.15) is 39.6 Å². The third-order valence-corrected chi connectivity index (χ3v) is 14.6. The SMILES string of the molecule is CO/N=C(/C(=O)NC1C(=O)N2C(C(=O)OC(c3ccccc3)c3ccccc3)=C(/C=C/Sc3nnnn3CC(OC)OC)CSC12)c1csc(NC(c2ccccc2)(c2ccccc2)c2ccccc2)n1. The number of rotatable bonds is 20. The van der Waals surface area contributed by atoms with Crippen LogP contribution in [0.15, 0.2) is 190 Å². The minimum absolute atomic E-state index is 0.0520. The van der Waals surface area contributed by atoms with Crippen molar-refractivity contribution < 1.29 is 33.4 Å². The molecule has 2 atom stereocenters. The summed E-state index contributed by atoms with van der Waals surface area (Å²) in [6, 6.07) is 48.0. The van der Waals surface area contributed by atoms with E-state index in [4.69, 9.17) is 24.0 Å². The van der Waals surface area contributed by atoms with Crippen LogP contribution in [-0.4, -0.2) is 98.4 Å². The number of oxime groups is 1. The van der Waals surface area contributed by atoms with Crippen LogP contribution >= 0.6 is 34.9 Å². The fraction of sp³-hybridized carbons (Fsp3) is 0.192. The molecule has 7 aromatic rings. The quantitative estimate of drug-likeness (QED) is 0.0143. The molecule has 2 amide bonds. The highest BCUT2D eigenvalue weighted by molar-refractivity contribution is 8.02. The molecule has 360 valence electrons. The van der Waals surface area contributed by atoms with Gasteiger partial charge in [0.05, 0.1) is 6.54 Å². The number of anilines is 1. The molecule has 19 heteroatoms. The molecule has 2 aromatic heterocycles. The lowest BCUT2D eigenvalue weighted by atomic mass is 9.77. The smallest absolute Gasteiger partial charge is 0.356 e. The first-order valence-electron chi connectivity index (χ1n) is 22.3. The van der Waals surface area contributed by atoms with E-state index in [2.05, 4.69) is 67.7 Å². The standard InChI is InChI=1S/C52H47N9O7S3/c1-65-41(66-2)31-60-51(56-58-59-60)69-30-29-36-32-70-48-43(47(63)61(48)44(36)49(64)68-45(34-19-9-4-10-20-34)35-21-11-5-12-22-35)54-46(62)42(57-67-3)40-33-71-50(53-40)55-52(37-23-13-6-14-24-37,38-25-15-7-16-26-38)39-27-17-8-18-28-39/h4-30,33,41,43,45,48H,31-32H2,1-3H3,(H,53,55)(H,54,62)/b30-29+,57-42+. The second kappa shape index (κ2) is 22.6. The van der Waals surface area contributed by atoms with Crippen molar-refractivity contribution in [2.45, 2.75) is 41.0 Å². The van der Waals surface area contributed by atoms with Gasteiger partial charge in [-0.15, -0.1) is 28.2 Å². The largest absolute Gasteiger partial charge is 0.448 e. The van der Waals surface area contributed by atoms with Crippen molar-refractivity contribution in [1.29, 1.82) is 0 Å². The summed E-state index contributed by atoms with van der Waals surface area (Å²) in [7, 11) is 4.38. The zero-order valence-electron chi connectivity index (χ0n) is 38.6. The maximum atomic E-state index is 14.7. The van der Waals surface area contributed by atoms with Crippen molar-refractivity contribution >= 4 is 63.5 Å². The second-order valence-electron chi connectivity index (χ2n) is 15.9. The molecule has 0 spiro atoms. The number of hydrogen-bond acceptors (Lipinski definition) is 16. The predicted octanol–water partition coefficient (Wildman–Crippen LogP) is 7.80. The predicted molar refractivity (Wildman–Crippen MR) is 272 cm³/mol. The van der Waals surface area contributed by atoms with E-state index in [-0.39, 0.29) is 29.4 Å². The number of nitrogens with one attached hydrogen (secondary N) is 2. The Labute approximate surface area is 422 Å². The highest BCUT2D eigenvalue weighted by atomic mass is 32.2. The molecule has 1 fully saturated rings. The number of nitrogens with zero attached hydrogens (tertiary/aromatic N) is 7. The summed E-state index contributed by atoms with van der Waals surface area (Å²) >= 11 is 3.90. The molecule has 2 aliphatic heterocycles. The van der Waals surface area contributed by atoms with Crippen molar-refractivity contribution in [3.05, 3.63) is 213 Å². The van der Waals surface area contributed by atoms with Crippen LogP contribution in [0.2, 0.25) is 0 Å². The molecule has 0 bridgehead atoms. The summed E-state index contributed by atoms with van der Waals surface area (Å²) in [5, 5.41) is 26.5. The number of aromatic nitrogens is 5. The molecule has 2 unspecified atom stereocenters. The third kappa shape index (κ3) is 10.4. The first-order valence-corrected chi connectivity index (χ1v) is 25.1. The monoisotopic (exact) mass is 1010 g/mol. The van der Waals surface area contributed by atoms with Gasteiger partial charge in [0, 0.05) is 25.4 Å². The number of benzene rings is 5. The molecule has 2 aliphatic rings. The Hall–Kier alpha value is -7.42. The maximum Gasteiger partial charge on any atom is 0.356 e. The molecule has 2 N–H and O–H groups in total. The molecule has 16 nitrogen and oxygen atoms in total. The van der Waals surface area contributed by atoms with E-state index < -0.39 is 47.1 Å². The van der Waals surface area contributed by atoms with E-state index in [0.29, 0.717) is 15.9 Å². The van der Waals surface area contributed by atoms with E-state index in [0.717, 1.165) is 27.8 Å². The minimum Gasteiger partial charge on any atom is -0.448 e. The molecule has 0 radical (unpaired) electrons. The topological polar surface area (TPSA) is 184 Å². The van der Waals surface area contributed by atoms with E-state index >= 15 is 0 Å². The Morgan fingerprint density at radius 3 is 1.94 bits per heavy atom. The minimum atomic E-state index is -1.03. The Kier molecular flexibility index (Phi) is 15.4. The molecule has 9 rings (SSSR count). The second-order valence-corrected chi connectivity index (χ2v) is 18.8. The van der Waals surface area contributed by atoms with Crippen molar-refractivity contribution in [3.8, 4) is 0 Å². The van der Waals surface area contributed by atoms with Gasteiger partial charge in [-0.1, -0.05) is 169 Å². The number of methoxy groups -OCH3 is 2. The van der Waals surface area contributed by atoms with Crippen LogP contribution in [0.5, 0.6) is 0 Å². The van der Waals surface area contributed by atoms with Gasteiger partial charge < -0.3 is 29.7 Å². The Balaban J connectivity index is 0.987. The number of carbonyl (C=O) groups is 3. The van der Waals surface area contributed by atoms with E-state index in [1.807, 2.05) is 115 Å². The van der Waals surface area contributed by atoms with Gasteiger partial charge in [0.25, 0.3) is 11.8 Å². The molecule has 0 saturated carbocycles. The van der Waals surface area contributed by atoms with Gasteiger partial charge in [0.2, 0.25) is 5.16 Å². The van der Waals surface area contributed by atoms with Gasteiger partial charge in [0.1, 0.15) is 35.5 Å². The average Bonchev–Trinajstić information content (AvgIpc) is 4.09. The number of thioether (sulfide) groups is 2. The van der Waals surface area contributed by atoms with Gasteiger partial charge in [-0.05, 0) is 55.3 Å². The first-order chi connectivity index (χ1) is 34.8. The van der Waals surface area contributed by atoms with Gasteiger partial charge in [-0.3, -0.25) is 14.5 Å². The summed E-state index contributed by atoms with van der Waals surface area (Å²) in [5.41, 5.74) is 4.20. The number of fused-ring (bicyclic) bond motifs is 1. The zero-order valence-corrected chi connectivity index (χ0v) is 41.1. The highest BCUT2D eigenvalue weighted by Gasteiger charge is 2.55. The molecule has 71 heavy (non-hydrogen) atoms. The lowest BCUT2D eigenvalue weighted by molar-refractivity contribution is -0.154. The maximum absolute atomic E-state index is 14.7. The van der Waals surface area contributed by atoms with E-state index in [1.165, 1.54) is 65.8 Å². The number of β-lactam (4-membered cyclic amide) rings is 1. The van der Waals surface area contributed by atoms with Crippen molar-refractivity contribution in [2.75, 3.05) is 32.4 Å². The summed E-state index contributed by atoms with van der Waals surface area (Å²) in [6.45, 7) is 0.235. The highest BCUT2D eigenvalue weighted by Crippen LogP contribution is 2.43. The van der Waals surface area contributed by atoms with Gasteiger partial charge in [0.15, 0.2) is 23.2 Å². The molecule has 4 heterocycles. The van der Waals surface area contributed by atoms with E-state index in [9.17, 15) is 14.4 Å². The summed E-state index contributed by atoms with van der Waals surface area (Å²) in [4.78, 5) is 55.0. The third-order valence-electron chi connectivity index (χ3n) is 11.8. The fourth-order valence-corrected chi connectivity index (χ4v) is 11.1. The van der Waals surface area contributed by atoms with Crippen LogP contribution in [0, 0.1) is 0 Å². The molecule has 0 aliphatic carbocycles. The summed E-state index contributed by atoms with van der Waals surface area (Å²) in [6.07, 6.45) is 0.370. The lowest BCUT2D eigenvalue weighted by Crippen LogP contribution is -2.71. The first kappa shape index (κ1) is 48.6. The number of amides is 2. The normalized spacial score (nSPS) is 16.0. The number of ether oxygens (including phenoxy) is 3. The number of hydrogen-bond donors (Lipinski definition) is 2. The Morgan fingerprint density at radius 2 is 1.39 bits per heavy atom. The summed E-state index contributed by atoms with van der Waals surface area (Å²) in [5.74, 6) is -1.63. The van der Waals surface area contributed by atoms with Crippen molar-refractivity contribution in [2.24, 2.45) is 5.16 Å². The average molecular weight is 1010 g/mol. The van der Waals surface area contributed by atoms with Crippen LogP contribution in [-0.2, 0) is 45.5 Å². The van der Waals surface area contributed by atoms with E-state index in [1.54, 1.807) is 16.9 Å². The Morgan fingerprint density at radius 1 is 0.831 bits per heavy atom. The van der Waals surface area contributed by atoms with Gasteiger partial charge >= 0.3 is 5.97 Å². The fourth-order valence-electron chi connectivity index (χ4n) is 8.35. The van der Waals surface area contributed by atoms with Crippen LogP contribution < -0.4 is 10.6 Å². The molecular formula is C52H47N9O7S3. The number of tetrazole rings is 1. The van der Waals surface area contributed by atoms with Crippen molar-refractivity contribution in [3.63, 3.8) is 0 Å². The molecule has 1 saturated heterocycles. The summed E-state index contributed by atoms with van der Waals surface area (Å²) < 4.78 is 18.6. The van der Waals surface area contributed by atoms with Crippen LogP contribution in [0.4, 0.5) is 5.13 Å². The van der Waals surface area contributed by atoms with Crippen LogP contribution in [0.25, 0.3) is 0 Å². The van der Waals surface area contributed by atoms with Crippen molar-refractivity contribution in [1.82, 2.24) is 35.4 Å². The zero-order chi connectivity index (χ0) is 49.2. The number of esters is 1. The van der Waals surface area contributed by atoms with Gasteiger partial charge in [-0.2, -0.15) is 0 Å². The molecule has 5 aromatic carbocycles. The lowest BCUT2D eigenvalue weighted by Gasteiger charge is -2.49. The van der Waals surface area contributed by atoms with Crippen LogP contribution in [0.3, 0.4) is 0 Å². The Bertz CT molecular complexity index is 2890.